The molecule has 68 valence electrons. The largest absolute Gasteiger partial charge is 0.216 e. The van der Waals surface area contributed by atoms with Crippen LogP contribution < -0.4 is 0 Å². The van der Waals surface area contributed by atoms with E-state index in [0.29, 0.717) is 5.56 Å². The van der Waals surface area contributed by atoms with Crippen LogP contribution in [-0.4, -0.2) is 9.36 Å². The van der Waals surface area contributed by atoms with E-state index in [9.17, 15) is 0 Å². The van der Waals surface area contributed by atoms with Gasteiger partial charge in [0.2, 0.25) is 0 Å². The second kappa shape index (κ2) is 4.22. The first-order chi connectivity index (χ1) is 6.88. The molecule has 0 amide bonds. The summed E-state index contributed by atoms with van der Waals surface area (Å²) in [5.74, 6) is 0. The van der Waals surface area contributed by atoms with E-state index in [4.69, 9.17) is 5.26 Å². The molecule has 5 heteroatoms. The second-order valence-electron chi connectivity index (χ2n) is 2.45. The standard InChI is InChI=1S/C9H5N3S2/c10-5-7-1-3-8(4-2-7)13-9-11-6-12-14-9/h1-4,6H. The lowest BCUT2D eigenvalue weighted by molar-refractivity contribution is 1.21. The third-order valence-corrected chi connectivity index (χ3v) is 3.25. The summed E-state index contributed by atoms with van der Waals surface area (Å²) >= 11 is 2.91. The quantitative estimate of drug-likeness (QED) is 0.778. The van der Waals surface area contributed by atoms with Crippen molar-refractivity contribution in [3.05, 3.63) is 36.2 Å². The summed E-state index contributed by atoms with van der Waals surface area (Å²) in [5.41, 5.74) is 0.673. The maximum absolute atomic E-state index is 8.61. The van der Waals surface area contributed by atoms with Gasteiger partial charge in [0.1, 0.15) is 6.33 Å². The van der Waals surface area contributed by atoms with Crippen molar-refractivity contribution in [1.82, 2.24) is 9.36 Å². The van der Waals surface area contributed by atoms with E-state index < -0.39 is 0 Å². The molecule has 0 bridgehead atoms. The molecule has 1 heterocycles. The van der Waals surface area contributed by atoms with Crippen LogP contribution in [0.4, 0.5) is 0 Å². The zero-order chi connectivity index (χ0) is 9.80. The fraction of sp³-hybridized carbons (Fsp3) is 0. The molecule has 0 radical (unpaired) electrons. The Bertz CT molecular complexity index is 442. The molecule has 2 aromatic rings. The summed E-state index contributed by atoms with van der Waals surface area (Å²) in [7, 11) is 0. The Balaban J connectivity index is 2.15. The van der Waals surface area contributed by atoms with E-state index in [1.54, 1.807) is 23.9 Å². The molecule has 0 aliphatic rings. The summed E-state index contributed by atoms with van der Waals surface area (Å²) in [6.07, 6.45) is 1.54. The summed E-state index contributed by atoms with van der Waals surface area (Å²) < 4.78 is 4.82. The van der Waals surface area contributed by atoms with Gasteiger partial charge in [-0.15, -0.1) is 0 Å². The average Bonchev–Trinajstić information content (AvgIpc) is 2.72. The zero-order valence-corrected chi connectivity index (χ0v) is 8.68. The maximum Gasteiger partial charge on any atom is 0.174 e. The first-order valence-electron chi connectivity index (χ1n) is 3.83. The van der Waals surface area contributed by atoms with Crippen LogP contribution in [0.2, 0.25) is 0 Å². The van der Waals surface area contributed by atoms with E-state index in [2.05, 4.69) is 15.4 Å². The lowest BCUT2D eigenvalue weighted by Crippen LogP contribution is -1.74. The van der Waals surface area contributed by atoms with Crippen molar-refractivity contribution in [3.63, 3.8) is 0 Å². The van der Waals surface area contributed by atoms with Gasteiger partial charge in [0.25, 0.3) is 0 Å². The number of nitrogens with zero attached hydrogens (tertiary/aromatic N) is 3. The van der Waals surface area contributed by atoms with Crippen LogP contribution in [0.15, 0.2) is 39.8 Å². The molecule has 0 saturated heterocycles. The van der Waals surface area contributed by atoms with Crippen LogP contribution in [0.3, 0.4) is 0 Å². The predicted molar refractivity (Wildman–Crippen MR) is 55.2 cm³/mol. The third kappa shape index (κ3) is 2.10. The molecule has 0 aliphatic heterocycles. The molecular weight excluding hydrogens is 214 g/mol. The van der Waals surface area contributed by atoms with Gasteiger partial charge in [-0.05, 0) is 35.8 Å². The van der Waals surface area contributed by atoms with Gasteiger partial charge in [-0.1, -0.05) is 11.8 Å². The van der Waals surface area contributed by atoms with Crippen LogP contribution in [0.1, 0.15) is 5.56 Å². The molecule has 0 N–H and O–H groups in total. The van der Waals surface area contributed by atoms with E-state index in [1.165, 1.54) is 17.9 Å². The summed E-state index contributed by atoms with van der Waals surface area (Å²) in [6.45, 7) is 0. The van der Waals surface area contributed by atoms with Gasteiger partial charge in [-0.3, -0.25) is 0 Å². The molecule has 0 saturated carbocycles. The van der Waals surface area contributed by atoms with Gasteiger partial charge in [-0.25, -0.2) is 4.98 Å². The maximum atomic E-state index is 8.61. The highest BCUT2D eigenvalue weighted by Gasteiger charge is 1.99. The average molecular weight is 219 g/mol. The minimum absolute atomic E-state index is 0.673. The summed E-state index contributed by atoms with van der Waals surface area (Å²) in [6, 6.07) is 9.48. The highest BCUT2D eigenvalue weighted by molar-refractivity contribution is 8.01. The van der Waals surface area contributed by atoms with Gasteiger partial charge in [0.05, 0.1) is 11.6 Å². The monoisotopic (exact) mass is 219 g/mol. The number of hydrogen-bond donors (Lipinski definition) is 0. The minimum Gasteiger partial charge on any atom is -0.216 e. The topological polar surface area (TPSA) is 49.6 Å². The molecular formula is C9H5N3S2. The van der Waals surface area contributed by atoms with Crippen molar-refractivity contribution < 1.29 is 0 Å². The van der Waals surface area contributed by atoms with Crippen LogP contribution in [0.25, 0.3) is 0 Å². The van der Waals surface area contributed by atoms with Crippen molar-refractivity contribution in [1.29, 1.82) is 5.26 Å². The van der Waals surface area contributed by atoms with E-state index >= 15 is 0 Å². The summed E-state index contributed by atoms with van der Waals surface area (Å²) in [4.78, 5) is 5.13. The van der Waals surface area contributed by atoms with Gasteiger partial charge in [-0.2, -0.15) is 9.64 Å². The van der Waals surface area contributed by atoms with Crippen LogP contribution in [0.5, 0.6) is 0 Å². The predicted octanol–water partition coefficient (Wildman–Crippen LogP) is 2.56. The molecule has 0 aliphatic carbocycles. The molecule has 3 nitrogen and oxygen atoms in total. The Morgan fingerprint density at radius 3 is 2.64 bits per heavy atom. The molecule has 0 atom stereocenters. The van der Waals surface area contributed by atoms with Crippen molar-refractivity contribution in [3.8, 4) is 6.07 Å². The zero-order valence-electron chi connectivity index (χ0n) is 7.04. The molecule has 0 spiro atoms. The Morgan fingerprint density at radius 1 is 1.29 bits per heavy atom. The fourth-order valence-electron chi connectivity index (χ4n) is 0.906. The fourth-order valence-corrected chi connectivity index (χ4v) is 2.33. The molecule has 14 heavy (non-hydrogen) atoms. The number of benzene rings is 1. The van der Waals surface area contributed by atoms with Gasteiger partial charge in [0, 0.05) is 4.90 Å². The summed E-state index contributed by atoms with van der Waals surface area (Å²) in [5, 5.41) is 8.61. The van der Waals surface area contributed by atoms with E-state index in [1.807, 2.05) is 12.1 Å². The Kier molecular flexibility index (Phi) is 2.77. The Labute approximate surface area is 89.6 Å². The van der Waals surface area contributed by atoms with Crippen molar-refractivity contribution in [2.75, 3.05) is 0 Å². The van der Waals surface area contributed by atoms with Crippen LogP contribution >= 0.6 is 23.3 Å². The SMILES string of the molecule is N#Cc1ccc(Sc2ncns2)cc1. The molecule has 0 unspecified atom stereocenters. The molecule has 2 rings (SSSR count). The van der Waals surface area contributed by atoms with Crippen molar-refractivity contribution in [2.45, 2.75) is 9.24 Å². The van der Waals surface area contributed by atoms with Gasteiger partial charge >= 0.3 is 0 Å². The molecule has 1 aromatic carbocycles. The van der Waals surface area contributed by atoms with E-state index in [0.717, 1.165) is 9.24 Å². The Hall–Kier alpha value is -1.38. The number of aromatic nitrogens is 2. The lowest BCUT2D eigenvalue weighted by Gasteiger charge is -1.95. The van der Waals surface area contributed by atoms with Crippen LogP contribution in [-0.2, 0) is 0 Å². The number of nitriles is 1. The van der Waals surface area contributed by atoms with Gasteiger partial charge < -0.3 is 0 Å². The second-order valence-corrected chi connectivity index (χ2v) is 4.55. The highest BCUT2D eigenvalue weighted by Crippen LogP contribution is 2.27. The van der Waals surface area contributed by atoms with Crippen LogP contribution in [0, 0.1) is 11.3 Å². The first kappa shape index (κ1) is 9.19. The normalized spacial score (nSPS) is 9.64. The van der Waals surface area contributed by atoms with Crippen molar-refractivity contribution >= 4 is 23.3 Å². The van der Waals surface area contributed by atoms with E-state index in [-0.39, 0.29) is 0 Å². The minimum atomic E-state index is 0.673. The number of rotatable bonds is 2. The van der Waals surface area contributed by atoms with Crippen molar-refractivity contribution in [2.24, 2.45) is 0 Å². The molecule has 0 fully saturated rings. The smallest absolute Gasteiger partial charge is 0.174 e. The third-order valence-electron chi connectivity index (χ3n) is 1.53. The van der Waals surface area contributed by atoms with Gasteiger partial charge in [0.15, 0.2) is 4.34 Å². The first-order valence-corrected chi connectivity index (χ1v) is 5.42. The lowest BCUT2D eigenvalue weighted by atomic mass is 10.2. The highest BCUT2D eigenvalue weighted by atomic mass is 32.2. The number of hydrogen-bond acceptors (Lipinski definition) is 5. The molecule has 1 aromatic heterocycles. The Morgan fingerprint density at radius 2 is 2.07 bits per heavy atom.